The molecule has 1 aromatic carbocycles. The van der Waals surface area contributed by atoms with E-state index in [1.807, 2.05) is 35.6 Å². The molecule has 1 aromatic rings. The molecule has 0 heterocycles. The van der Waals surface area contributed by atoms with Gasteiger partial charge in [0.05, 0.1) is 4.90 Å². The zero-order chi connectivity index (χ0) is 10.6. The molecule has 0 spiro atoms. The summed E-state index contributed by atoms with van der Waals surface area (Å²) in [4.78, 5) is 0.356. The molecule has 1 N–H and O–H groups in total. The lowest BCUT2D eigenvalue weighted by Gasteiger charge is -2.06. The first-order valence-electron chi connectivity index (χ1n) is 4.32. The van der Waals surface area contributed by atoms with Crippen LogP contribution in [0.15, 0.2) is 29.2 Å². The first-order chi connectivity index (χ1) is 6.58. The van der Waals surface area contributed by atoms with Crippen LogP contribution in [-0.2, 0) is 10.0 Å². The second-order valence-corrected chi connectivity index (χ2v) is 5.73. The normalized spacial score (nSPS) is 11.6. The number of rotatable bonds is 4. The average molecular weight is 325 g/mol. The van der Waals surface area contributed by atoms with Gasteiger partial charge in [0, 0.05) is 10.1 Å². The minimum atomic E-state index is -3.31. The monoisotopic (exact) mass is 325 g/mol. The van der Waals surface area contributed by atoms with E-state index in [0.717, 1.165) is 9.99 Å². The molecule has 3 nitrogen and oxygen atoms in total. The highest BCUT2D eigenvalue weighted by Gasteiger charge is 2.15. The number of nitrogens with one attached hydrogen (secondary N) is 1. The van der Waals surface area contributed by atoms with Crippen molar-refractivity contribution in [1.29, 1.82) is 0 Å². The van der Waals surface area contributed by atoms with Crippen molar-refractivity contribution in [3.63, 3.8) is 0 Å². The minimum Gasteiger partial charge on any atom is -0.211 e. The summed E-state index contributed by atoms with van der Waals surface area (Å²) in [5.74, 6) is 0. The molecule has 0 amide bonds. The molecule has 0 aromatic heterocycles. The zero-order valence-electron chi connectivity index (χ0n) is 7.83. The summed E-state index contributed by atoms with van der Waals surface area (Å²) in [5.41, 5.74) is 0. The molecule has 0 radical (unpaired) electrons. The number of hydrogen-bond acceptors (Lipinski definition) is 2. The first kappa shape index (κ1) is 11.9. The van der Waals surface area contributed by atoms with E-state index < -0.39 is 10.0 Å². The number of halogens is 1. The summed E-state index contributed by atoms with van der Waals surface area (Å²) in [7, 11) is -3.31. The molecular weight excluding hydrogens is 313 g/mol. The molecule has 0 unspecified atom stereocenters. The Kier molecular flexibility index (Phi) is 4.33. The molecule has 0 saturated heterocycles. The molecule has 14 heavy (non-hydrogen) atoms. The highest BCUT2D eigenvalue weighted by Crippen LogP contribution is 2.16. The SMILES string of the molecule is CCCNS(=O)(=O)c1ccccc1I. The number of sulfonamides is 1. The van der Waals surface area contributed by atoms with Gasteiger partial charge >= 0.3 is 0 Å². The molecule has 0 saturated carbocycles. The molecule has 0 fully saturated rings. The predicted octanol–water partition coefficient (Wildman–Crippen LogP) is 1.98. The third-order valence-electron chi connectivity index (χ3n) is 1.67. The van der Waals surface area contributed by atoms with Crippen molar-refractivity contribution in [2.75, 3.05) is 6.54 Å². The second-order valence-electron chi connectivity index (χ2n) is 2.83. The molecule has 1 rings (SSSR count). The lowest BCUT2D eigenvalue weighted by atomic mass is 10.4. The van der Waals surface area contributed by atoms with Crippen molar-refractivity contribution in [3.8, 4) is 0 Å². The van der Waals surface area contributed by atoms with E-state index in [1.54, 1.807) is 18.2 Å². The third-order valence-corrected chi connectivity index (χ3v) is 4.49. The van der Waals surface area contributed by atoms with E-state index in [9.17, 15) is 8.42 Å². The van der Waals surface area contributed by atoms with Crippen molar-refractivity contribution < 1.29 is 8.42 Å². The van der Waals surface area contributed by atoms with Gasteiger partial charge in [-0.15, -0.1) is 0 Å². The van der Waals surface area contributed by atoms with E-state index in [-0.39, 0.29) is 0 Å². The van der Waals surface area contributed by atoms with Crippen LogP contribution in [0.3, 0.4) is 0 Å². The summed E-state index contributed by atoms with van der Waals surface area (Å²) < 4.78 is 26.7. The Bertz CT molecular complexity index is 403. The zero-order valence-corrected chi connectivity index (χ0v) is 10.8. The van der Waals surface area contributed by atoms with Crippen LogP contribution in [0.1, 0.15) is 13.3 Å². The van der Waals surface area contributed by atoms with Crippen LogP contribution in [0, 0.1) is 3.57 Å². The fraction of sp³-hybridized carbons (Fsp3) is 0.333. The summed E-state index contributed by atoms with van der Waals surface area (Å²) in [6.45, 7) is 2.41. The number of benzene rings is 1. The van der Waals surface area contributed by atoms with E-state index in [0.29, 0.717) is 11.4 Å². The van der Waals surface area contributed by atoms with Crippen molar-refractivity contribution in [2.45, 2.75) is 18.2 Å². The lowest BCUT2D eigenvalue weighted by Crippen LogP contribution is -2.25. The molecular formula is C9H12INO2S. The number of hydrogen-bond donors (Lipinski definition) is 1. The maximum absolute atomic E-state index is 11.7. The van der Waals surface area contributed by atoms with Crippen molar-refractivity contribution in [1.82, 2.24) is 4.72 Å². The van der Waals surface area contributed by atoms with Gasteiger partial charge in [0.25, 0.3) is 0 Å². The van der Waals surface area contributed by atoms with Crippen LogP contribution in [0.25, 0.3) is 0 Å². The maximum Gasteiger partial charge on any atom is 0.241 e. The molecule has 78 valence electrons. The van der Waals surface area contributed by atoms with Crippen molar-refractivity contribution >= 4 is 32.6 Å². The Balaban J connectivity index is 2.99. The lowest BCUT2D eigenvalue weighted by molar-refractivity contribution is 0.580. The maximum atomic E-state index is 11.7. The van der Waals surface area contributed by atoms with Gasteiger partial charge in [-0.25, -0.2) is 13.1 Å². The topological polar surface area (TPSA) is 46.2 Å². The van der Waals surface area contributed by atoms with Gasteiger partial charge in [-0.05, 0) is 41.1 Å². The molecule has 5 heteroatoms. The van der Waals surface area contributed by atoms with Gasteiger partial charge in [-0.1, -0.05) is 19.1 Å². The van der Waals surface area contributed by atoms with Crippen LogP contribution in [0.2, 0.25) is 0 Å². The minimum absolute atomic E-state index is 0.356. The smallest absolute Gasteiger partial charge is 0.211 e. The van der Waals surface area contributed by atoms with E-state index in [1.165, 1.54) is 0 Å². The van der Waals surface area contributed by atoms with Gasteiger partial charge in [0.15, 0.2) is 0 Å². The summed E-state index contributed by atoms with van der Waals surface area (Å²) in [5, 5.41) is 0. The van der Waals surface area contributed by atoms with E-state index in [4.69, 9.17) is 0 Å². The molecule has 0 atom stereocenters. The fourth-order valence-electron chi connectivity index (χ4n) is 0.977. The summed E-state index contributed by atoms with van der Waals surface area (Å²) in [6.07, 6.45) is 0.794. The molecule has 0 aliphatic heterocycles. The quantitative estimate of drug-likeness (QED) is 0.861. The van der Waals surface area contributed by atoms with Gasteiger partial charge in [0.2, 0.25) is 10.0 Å². The predicted molar refractivity (Wildman–Crippen MR) is 64.6 cm³/mol. The Morgan fingerprint density at radius 2 is 2.00 bits per heavy atom. The van der Waals surface area contributed by atoms with Crippen molar-refractivity contribution in [3.05, 3.63) is 27.8 Å². The van der Waals surface area contributed by atoms with Crippen LogP contribution >= 0.6 is 22.6 Å². The Morgan fingerprint density at radius 3 is 2.57 bits per heavy atom. The first-order valence-corrected chi connectivity index (χ1v) is 6.88. The standard InChI is InChI=1S/C9H12INO2S/c1-2-7-11-14(12,13)9-6-4-3-5-8(9)10/h3-6,11H,2,7H2,1H3. The van der Waals surface area contributed by atoms with Gasteiger partial charge < -0.3 is 0 Å². The van der Waals surface area contributed by atoms with Crippen LogP contribution in [0.5, 0.6) is 0 Å². The fourth-order valence-corrected chi connectivity index (χ4v) is 3.44. The van der Waals surface area contributed by atoms with Crippen molar-refractivity contribution in [2.24, 2.45) is 0 Å². The Morgan fingerprint density at radius 1 is 1.36 bits per heavy atom. The average Bonchev–Trinajstić information content (AvgIpc) is 2.15. The van der Waals surface area contributed by atoms with Gasteiger partial charge in [-0.3, -0.25) is 0 Å². The summed E-state index contributed by atoms with van der Waals surface area (Å²) >= 11 is 2.02. The molecule has 0 bridgehead atoms. The Labute approximate surface area is 98.1 Å². The summed E-state index contributed by atoms with van der Waals surface area (Å²) in [6, 6.07) is 6.93. The molecule has 0 aliphatic carbocycles. The highest BCUT2D eigenvalue weighted by molar-refractivity contribution is 14.1. The van der Waals surface area contributed by atoms with E-state index >= 15 is 0 Å². The van der Waals surface area contributed by atoms with Crippen LogP contribution in [0.4, 0.5) is 0 Å². The van der Waals surface area contributed by atoms with Gasteiger partial charge in [-0.2, -0.15) is 0 Å². The second kappa shape index (κ2) is 5.09. The largest absolute Gasteiger partial charge is 0.241 e. The third kappa shape index (κ3) is 2.93. The van der Waals surface area contributed by atoms with Crippen LogP contribution < -0.4 is 4.72 Å². The molecule has 0 aliphatic rings. The van der Waals surface area contributed by atoms with Gasteiger partial charge in [0.1, 0.15) is 0 Å². The Hall–Kier alpha value is -0.140. The van der Waals surface area contributed by atoms with E-state index in [2.05, 4.69) is 4.72 Å². The van der Waals surface area contributed by atoms with Crippen LogP contribution in [-0.4, -0.2) is 15.0 Å². The highest BCUT2D eigenvalue weighted by atomic mass is 127.